The summed E-state index contributed by atoms with van der Waals surface area (Å²) in [5, 5.41) is 12.1. The van der Waals surface area contributed by atoms with Crippen LogP contribution in [0.3, 0.4) is 0 Å². The van der Waals surface area contributed by atoms with Crippen molar-refractivity contribution in [3.8, 4) is 5.75 Å². The first-order valence-corrected chi connectivity index (χ1v) is 8.99. The molecule has 3 aromatic rings. The van der Waals surface area contributed by atoms with Crippen LogP contribution in [0, 0.1) is 0 Å². The third-order valence-corrected chi connectivity index (χ3v) is 4.94. The van der Waals surface area contributed by atoms with Gasteiger partial charge in [-0.2, -0.15) is 13.2 Å². The van der Waals surface area contributed by atoms with E-state index in [1.165, 1.54) is 11.3 Å². The Bertz CT molecular complexity index is 878. The molecule has 0 atom stereocenters. The van der Waals surface area contributed by atoms with Crippen LogP contribution in [0.5, 0.6) is 5.75 Å². The molecule has 2 heterocycles. The number of nitrogens with zero attached hydrogens (tertiary/aromatic N) is 4. The van der Waals surface area contributed by atoms with Gasteiger partial charge < -0.3 is 15.9 Å². The van der Waals surface area contributed by atoms with Gasteiger partial charge >= 0.3 is 6.18 Å². The molecule has 3 rings (SSSR count). The zero-order chi connectivity index (χ0) is 18.7. The van der Waals surface area contributed by atoms with Crippen molar-refractivity contribution in [2.24, 2.45) is 0 Å². The average Bonchev–Trinajstić information content (AvgIpc) is 3.20. The van der Waals surface area contributed by atoms with Gasteiger partial charge in [0.1, 0.15) is 5.75 Å². The number of hydrogen-bond donors (Lipinski definition) is 2. The number of ether oxygens (including phenoxy) is 1. The molecule has 138 valence electrons. The van der Waals surface area contributed by atoms with Gasteiger partial charge in [-0.25, -0.2) is 9.66 Å². The number of aromatic nitrogens is 4. The molecule has 0 radical (unpaired) electrons. The number of thioether (sulfide) groups is 1. The Hall–Kier alpha value is -2.47. The van der Waals surface area contributed by atoms with Crippen molar-refractivity contribution in [3.63, 3.8) is 0 Å². The van der Waals surface area contributed by atoms with E-state index in [2.05, 4.69) is 20.5 Å². The topological polar surface area (TPSA) is 90.9 Å². The molecule has 0 aliphatic carbocycles. The van der Waals surface area contributed by atoms with Crippen molar-refractivity contribution in [2.45, 2.75) is 17.1 Å². The third-order valence-electron chi connectivity index (χ3n) is 3.16. The Labute approximate surface area is 154 Å². The highest BCUT2D eigenvalue weighted by Gasteiger charge is 2.38. The van der Waals surface area contributed by atoms with E-state index in [-0.39, 0.29) is 5.16 Å². The van der Waals surface area contributed by atoms with E-state index < -0.39 is 12.0 Å². The zero-order valence-corrected chi connectivity index (χ0v) is 15.0. The fourth-order valence-electron chi connectivity index (χ4n) is 1.94. The van der Waals surface area contributed by atoms with Crippen LogP contribution in [0.1, 0.15) is 11.5 Å². The maximum atomic E-state index is 12.6. The van der Waals surface area contributed by atoms with E-state index >= 15 is 0 Å². The number of rotatable bonds is 6. The lowest BCUT2D eigenvalue weighted by Gasteiger charge is -2.05. The molecular weight excluding hydrogens is 389 g/mol. The molecule has 0 aliphatic heterocycles. The molecule has 0 bridgehead atoms. The minimum atomic E-state index is -4.64. The lowest BCUT2D eigenvalue weighted by Crippen LogP contribution is -2.21. The molecule has 3 N–H and O–H groups in total. The molecule has 0 saturated heterocycles. The van der Waals surface area contributed by atoms with Gasteiger partial charge in [-0.1, -0.05) is 11.8 Å². The van der Waals surface area contributed by atoms with Crippen molar-refractivity contribution in [3.05, 3.63) is 41.2 Å². The second-order valence-corrected chi connectivity index (χ2v) is 6.76. The monoisotopic (exact) mass is 402 g/mol. The summed E-state index contributed by atoms with van der Waals surface area (Å²) in [5.74, 6) is 5.22. The van der Waals surface area contributed by atoms with Crippen LogP contribution in [-0.2, 0) is 11.9 Å². The first-order valence-electron chi connectivity index (χ1n) is 7.13. The van der Waals surface area contributed by atoms with E-state index in [1.54, 1.807) is 12.5 Å². The minimum Gasteiger partial charge on any atom is -0.497 e. The number of anilines is 2. The molecule has 7 nitrogen and oxygen atoms in total. The lowest BCUT2D eigenvalue weighted by atomic mass is 10.3. The Morgan fingerprint density at radius 2 is 2.00 bits per heavy atom. The average molecular weight is 402 g/mol. The Balaban J connectivity index is 1.61. The van der Waals surface area contributed by atoms with Crippen LogP contribution >= 0.6 is 23.1 Å². The molecule has 0 aliphatic rings. The molecule has 2 aromatic heterocycles. The number of methoxy groups -OCH3 is 1. The molecule has 26 heavy (non-hydrogen) atoms. The number of nitrogens with one attached hydrogen (secondary N) is 1. The summed E-state index contributed by atoms with van der Waals surface area (Å²) in [6.45, 7) is 0. The molecule has 0 amide bonds. The SMILES string of the molecule is COc1ccc(Nc2nc(CSc3nnc(C(F)(F)F)n3N)cs2)cc1. The van der Waals surface area contributed by atoms with E-state index in [1.807, 2.05) is 24.3 Å². The van der Waals surface area contributed by atoms with Gasteiger partial charge in [0, 0.05) is 16.8 Å². The fourth-order valence-corrected chi connectivity index (χ4v) is 3.52. The highest BCUT2D eigenvalue weighted by atomic mass is 32.2. The van der Waals surface area contributed by atoms with Gasteiger partial charge in [-0.15, -0.1) is 21.5 Å². The van der Waals surface area contributed by atoms with Crippen LogP contribution in [0.2, 0.25) is 0 Å². The summed E-state index contributed by atoms with van der Waals surface area (Å²) in [7, 11) is 1.59. The van der Waals surface area contributed by atoms with Crippen LogP contribution < -0.4 is 15.9 Å². The van der Waals surface area contributed by atoms with E-state index in [0.717, 1.165) is 23.2 Å². The van der Waals surface area contributed by atoms with Crippen molar-refractivity contribution < 1.29 is 17.9 Å². The fraction of sp³-hybridized carbons (Fsp3) is 0.214. The van der Waals surface area contributed by atoms with Gasteiger partial charge in [0.15, 0.2) is 5.13 Å². The smallest absolute Gasteiger partial charge is 0.453 e. The largest absolute Gasteiger partial charge is 0.497 e. The van der Waals surface area contributed by atoms with Gasteiger partial charge in [-0.3, -0.25) is 0 Å². The predicted octanol–water partition coefficient (Wildman–Crippen LogP) is 3.51. The standard InChI is InChI=1S/C14H13F3N6OS2/c1-24-10-4-2-8(3-5-10)19-12-20-9(6-25-12)7-26-13-22-21-11(23(13)18)14(15,16)17/h2-6H,7,18H2,1H3,(H,19,20). The molecule has 12 heteroatoms. The Morgan fingerprint density at radius 1 is 1.27 bits per heavy atom. The van der Waals surface area contributed by atoms with Crippen molar-refractivity contribution in [1.82, 2.24) is 19.9 Å². The zero-order valence-electron chi connectivity index (χ0n) is 13.3. The quantitative estimate of drug-likeness (QED) is 0.482. The maximum Gasteiger partial charge on any atom is 0.453 e. The van der Waals surface area contributed by atoms with E-state index in [4.69, 9.17) is 10.6 Å². The first-order chi connectivity index (χ1) is 12.4. The van der Waals surface area contributed by atoms with Crippen LogP contribution in [-0.4, -0.2) is 27.0 Å². The van der Waals surface area contributed by atoms with E-state index in [9.17, 15) is 13.2 Å². The number of nitrogens with two attached hydrogens (primary N) is 1. The van der Waals surface area contributed by atoms with Gasteiger partial charge in [0.05, 0.1) is 12.8 Å². The van der Waals surface area contributed by atoms with Crippen molar-refractivity contribution in [2.75, 3.05) is 18.3 Å². The first kappa shape index (κ1) is 18.3. The number of halogens is 3. The second-order valence-electron chi connectivity index (χ2n) is 4.96. The van der Waals surface area contributed by atoms with Crippen LogP contribution in [0.4, 0.5) is 24.0 Å². The van der Waals surface area contributed by atoms with Gasteiger partial charge in [0.25, 0.3) is 5.82 Å². The summed E-state index contributed by atoms with van der Waals surface area (Å²) in [5.41, 5.74) is 1.53. The predicted molar refractivity (Wildman–Crippen MR) is 93.1 cm³/mol. The molecular formula is C14H13F3N6OS2. The summed E-state index contributed by atoms with van der Waals surface area (Å²) < 4.78 is 43.5. The normalized spacial score (nSPS) is 11.5. The van der Waals surface area contributed by atoms with Gasteiger partial charge in [0.2, 0.25) is 5.16 Å². The Morgan fingerprint density at radius 3 is 2.62 bits per heavy atom. The van der Waals surface area contributed by atoms with Gasteiger partial charge in [-0.05, 0) is 24.3 Å². The summed E-state index contributed by atoms with van der Waals surface area (Å²) in [6, 6.07) is 7.34. The number of thiazole rings is 1. The number of nitrogen functional groups attached to an aromatic ring is 1. The highest BCUT2D eigenvalue weighted by molar-refractivity contribution is 7.98. The summed E-state index contributed by atoms with van der Waals surface area (Å²) in [6.07, 6.45) is -4.64. The minimum absolute atomic E-state index is 0.0324. The van der Waals surface area contributed by atoms with Crippen molar-refractivity contribution >= 4 is 33.9 Å². The lowest BCUT2D eigenvalue weighted by molar-refractivity contribution is -0.146. The summed E-state index contributed by atoms with van der Waals surface area (Å²) >= 11 is 2.41. The number of benzene rings is 1. The maximum absolute atomic E-state index is 12.6. The van der Waals surface area contributed by atoms with Crippen LogP contribution in [0.15, 0.2) is 34.8 Å². The molecule has 0 unspecified atom stereocenters. The molecule has 0 spiro atoms. The van der Waals surface area contributed by atoms with Crippen LogP contribution in [0.25, 0.3) is 0 Å². The second kappa shape index (κ2) is 7.41. The Kier molecular flexibility index (Phi) is 5.23. The molecule has 0 fully saturated rings. The number of alkyl halides is 3. The third kappa shape index (κ3) is 4.19. The summed E-state index contributed by atoms with van der Waals surface area (Å²) in [4.78, 5) is 4.38. The number of hydrogen-bond acceptors (Lipinski definition) is 8. The van der Waals surface area contributed by atoms with E-state index in [0.29, 0.717) is 21.3 Å². The highest BCUT2D eigenvalue weighted by Crippen LogP contribution is 2.30. The molecule has 1 aromatic carbocycles. The molecule has 0 saturated carbocycles. The van der Waals surface area contributed by atoms with Crippen molar-refractivity contribution in [1.29, 1.82) is 0 Å².